The second-order valence-corrected chi connectivity index (χ2v) is 11.0. The van der Waals surface area contributed by atoms with Gasteiger partial charge in [0.05, 0.1) is 12.3 Å². The van der Waals surface area contributed by atoms with Gasteiger partial charge in [-0.05, 0) is 49.8 Å². The fourth-order valence-electron chi connectivity index (χ4n) is 3.77. The molecule has 1 unspecified atom stereocenters. The van der Waals surface area contributed by atoms with E-state index in [0.29, 0.717) is 32.2 Å². The Hall–Kier alpha value is -1.94. The van der Waals surface area contributed by atoms with Crippen LogP contribution in [0.15, 0.2) is 24.3 Å². The lowest BCUT2D eigenvalue weighted by molar-refractivity contribution is -0.127. The molecule has 33 heavy (non-hydrogen) atoms. The predicted octanol–water partition coefficient (Wildman–Crippen LogP) is 3.23. The molecular weight excluding hydrogens is 432 g/mol. The van der Waals surface area contributed by atoms with E-state index >= 15 is 0 Å². The molecule has 0 aromatic heterocycles. The molecule has 0 aliphatic rings. The van der Waals surface area contributed by atoms with Gasteiger partial charge in [-0.1, -0.05) is 30.7 Å². The predicted molar refractivity (Wildman–Crippen MR) is 139 cm³/mol. The van der Waals surface area contributed by atoms with Crippen molar-refractivity contribution in [3.63, 3.8) is 0 Å². The van der Waals surface area contributed by atoms with Crippen LogP contribution in [-0.4, -0.2) is 49.0 Å². The summed E-state index contributed by atoms with van der Waals surface area (Å²) < 4.78 is 0. The van der Waals surface area contributed by atoms with Crippen LogP contribution in [0.4, 0.5) is 0 Å². The van der Waals surface area contributed by atoms with Crippen LogP contribution in [0, 0.1) is 18.3 Å². The lowest BCUT2D eigenvalue weighted by atomic mass is 9.91. The minimum atomic E-state index is -0.214. The first-order chi connectivity index (χ1) is 15.8. The Balaban J connectivity index is 2.52. The molecule has 182 valence electrons. The first-order valence-electron chi connectivity index (χ1n) is 11.8. The van der Waals surface area contributed by atoms with E-state index in [1.807, 2.05) is 12.1 Å². The highest BCUT2D eigenvalue weighted by atomic mass is 32.2. The van der Waals surface area contributed by atoms with Gasteiger partial charge in [0.25, 0.3) is 0 Å². The molecule has 5 nitrogen and oxygen atoms in total. The van der Waals surface area contributed by atoms with Gasteiger partial charge in [-0.2, -0.15) is 0 Å². The number of nitrogens with one attached hydrogen (secondary N) is 1. The maximum atomic E-state index is 12.7. The summed E-state index contributed by atoms with van der Waals surface area (Å²) in [5.74, 6) is 4.52. The SMILES string of the molecule is C#CCCC(=O)Cc1ccc(C[S+](C)CC[C@H](CC(=O)[C@H](CCCCN)NC)C(C)=O)cc1. The number of carbonyl (C=O) groups is 3. The molecule has 1 aromatic carbocycles. The Morgan fingerprint density at radius 2 is 1.79 bits per heavy atom. The molecule has 0 aliphatic carbocycles. The average molecular weight is 474 g/mol. The number of benzene rings is 1. The van der Waals surface area contributed by atoms with Crippen LogP contribution in [0.1, 0.15) is 63.0 Å². The largest absolute Gasteiger partial charge is 0.330 e. The zero-order valence-electron chi connectivity index (χ0n) is 20.5. The van der Waals surface area contributed by atoms with Crippen molar-refractivity contribution in [2.45, 2.75) is 70.1 Å². The van der Waals surface area contributed by atoms with Crippen molar-refractivity contribution in [1.29, 1.82) is 0 Å². The number of hydrogen-bond acceptors (Lipinski definition) is 5. The van der Waals surface area contributed by atoms with Crippen molar-refractivity contribution in [2.75, 3.05) is 25.6 Å². The van der Waals surface area contributed by atoms with Crippen molar-refractivity contribution in [1.82, 2.24) is 5.32 Å². The van der Waals surface area contributed by atoms with E-state index in [4.69, 9.17) is 12.2 Å². The second-order valence-electron chi connectivity index (χ2n) is 8.76. The summed E-state index contributed by atoms with van der Waals surface area (Å²) in [5.41, 5.74) is 7.79. The Morgan fingerprint density at radius 1 is 1.12 bits per heavy atom. The van der Waals surface area contributed by atoms with E-state index < -0.39 is 0 Å². The smallest absolute Gasteiger partial charge is 0.150 e. The Bertz CT molecular complexity index is 786. The van der Waals surface area contributed by atoms with Crippen LogP contribution in [0.2, 0.25) is 0 Å². The molecule has 3 N–H and O–H groups in total. The molecule has 0 radical (unpaired) electrons. The molecule has 0 bridgehead atoms. The molecule has 1 rings (SSSR count). The highest BCUT2D eigenvalue weighted by molar-refractivity contribution is 7.95. The van der Waals surface area contributed by atoms with Gasteiger partial charge in [0, 0.05) is 43.6 Å². The number of ketones is 3. The molecular formula is C27H41N2O3S+. The van der Waals surface area contributed by atoms with Gasteiger partial charge < -0.3 is 11.1 Å². The zero-order chi connectivity index (χ0) is 24.6. The molecule has 0 aliphatic heterocycles. The van der Waals surface area contributed by atoms with Gasteiger partial charge in [-0.3, -0.25) is 14.4 Å². The van der Waals surface area contributed by atoms with Crippen molar-refractivity contribution in [2.24, 2.45) is 11.7 Å². The summed E-state index contributed by atoms with van der Waals surface area (Å²) in [4.78, 5) is 36.8. The van der Waals surface area contributed by atoms with E-state index in [-0.39, 0.29) is 40.2 Å². The monoisotopic (exact) mass is 473 g/mol. The lowest BCUT2D eigenvalue weighted by Crippen LogP contribution is -2.36. The average Bonchev–Trinajstić information content (AvgIpc) is 2.79. The normalized spacial score (nSPS) is 13.7. The number of likely N-dealkylation sites (N-methyl/N-ethyl adjacent to an activating group) is 1. The summed E-state index contributed by atoms with van der Waals surface area (Å²) in [6.45, 7) is 2.23. The fourth-order valence-corrected chi connectivity index (χ4v) is 5.37. The lowest BCUT2D eigenvalue weighted by Gasteiger charge is -2.18. The van der Waals surface area contributed by atoms with Gasteiger partial charge in [-0.25, -0.2) is 0 Å². The van der Waals surface area contributed by atoms with Crippen LogP contribution in [0.25, 0.3) is 0 Å². The van der Waals surface area contributed by atoms with E-state index in [0.717, 1.165) is 42.8 Å². The number of rotatable bonds is 18. The third-order valence-electron chi connectivity index (χ3n) is 5.91. The van der Waals surface area contributed by atoms with Gasteiger partial charge in [0.15, 0.2) is 0 Å². The summed E-state index contributed by atoms with van der Waals surface area (Å²) in [7, 11) is 1.91. The van der Waals surface area contributed by atoms with E-state index in [1.165, 1.54) is 5.56 Å². The van der Waals surface area contributed by atoms with E-state index in [1.54, 1.807) is 14.0 Å². The summed E-state index contributed by atoms with van der Waals surface area (Å²) >= 11 is 0. The first-order valence-corrected chi connectivity index (χ1v) is 13.8. The minimum absolute atomic E-state index is 0.0935. The molecule has 0 saturated heterocycles. The number of unbranched alkanes of at least 4 members (excludes halogenated alkanes) is 1. The van der Waals surface area contributed by atoms with Gasteiger partial charge in [0.1, 0.15) is 28.9 Å². The van der Waals surface area contributed by atoms with Crippen molar-refractivity contribution < 1.29 is 14.4 Å². The number of carbonyl (C=O) groups excluding carboxylic acids is 3. The first kappa shape index (κ1) is 29.1. The topological polar surface area (TPSA) is 89.3 Å². The molecule has 0 amide bonds. The number of terminal acetylenes is 1. The highest BCUT2D eigenvalue weighted by Gasteiger charge is 2.25. The van der Waals surface area contributed by atoms with Crippen molar-refractivity contribution in [3.05, 3.63) is 35.4 Å². The molecule has 6 heteroatoms. The number of hydrogen-bond donors (Lipinski definition) is 2. The molecule has 0 heterocycles. The summed E-state index contributed by atoms with van der Waals surface area (Å²) in [6.07, 6.45) is 12.4. The molecule has 1 aromatic rings. The fraction of sp³-hybridized carbons (Fsp3) is 0.593. The van der Waals surface area contributed by atoms with Gasteiger partial charge >= 0.3 is 0 Å². The van der Waals surface area contributed by atoms with Crippen molar-refractivity contribution in [3.8, 4) is 12.3 Å². The van der Waals surface area contributed by atoms with E-state index in [2.05, 4.69) is 29.6 Å². The van der Waals surface area contributed by atoms with E-state index in [9.17, 15) is 14.4 Å². The molecule has 0 fully saturated rings. The summed E-state index contributed by atoms with van der Waals surface area (Å²) in [6, 6.07) is 7.99. The number of nitrogens with two attached hydrogens (primary N) is 1. The Kier molecular flexibility index (Phi) is 14.7. The van der Waals surface area contributed by atoms with Crippen molar-refractivity contribution >= 4 is 28.2 Å². The second kappa shape index (κ2) is 16.6. The molecule has 3 atom stereocenters. The Labute approximate surface area is 203 Å². The van der Waals surface area contributed by atoms with Crippen LogP contribution >= 0.6 is 0 Å². The third kappa shape index (κ3) is 12.2. The number of Topliss-reactive ketones (excluding diaryl/α,β-unsaturated/α-hetero) is 3. The van der Waals surface area contributed by atoms with Crippen LogP contribution in [0.5, 0.6) is 0 Å². The zero-order valence-corrected chi connectivity index (χ0v) is 21.3. The molecule has 0 spiro atoms. The Morgan fingerprint density at radius 3 is 2.36 bits per heavy atom. The molecule has 0 saturated carbocycles. The third-order valence-corrected chi connectivity index (χ3v) is 7.67. The maximum absolute atomic E-state index is 12.7. The van der Waals surface area contributed by atoms with Gasteiger partial charge in [-0.15, -0.1) is 12.3 Å². The highest BCUT2D eigenvalue weighted by Crippen LogP contribution is 2.18. The van der Waals surface area contributed by atoms with Crippen LogP contribution in [0.3, 0.4) is 0 Å². The minimum Gasteiger partial charge on any atom is -0.330 e. The van der Waals surface area contributed by atoms with Crippen LogP contribution in [-0.2, 0) is 37.5 Å². The standard InChI is InChI=1S/C27H41N2O3S/c1-5-6-9-25(31)18-22-11-13-23(14-12-22)20-33(4)17-15-24(21(2)30)19-27(32)26(29-3)10-7-8-16-28/h1,11-14,24,26,29H,6-10,15-20,28H2,2-4H3/q+1/t24-,26+,33?/m1/s1. The van der Waals surface area contributed by atoms with Gasteiger partial charge in [0.2, 0.25) is 0 Å². The summed E-state index contributed by atoms with van der Waals surface area (Å²) in [5, 5.41) is 3.10. The quantitative estimate of drug-likeness (QED) is 0.194. The maximum Gasteiger partial charge on any atom is 0.150 e. The van der Waals surface area contributed by atoms with Crippen LogP contribution < -0.4 is 11.1 Å².